The zero-order valence-corrected chi connectivity index (χ0v) is 9.08. The maximum absolute atomic E-state index is 11.5. The monoisotopic (exact) mass is 200 g/mol. The van der Waals surface area contributed by atoms with Crippen molar-refractivity contribution in [1.82, 2.24) is 10.4 Å². The molecule has 0 saturated carbocycles. The highest BCUT2D eigenvalue weighted by Crippen LogP contribution is 2.06. The lowest BCUT2D eigenvalue weighted by Gasteiger charge is -2.26. The zero-order chi connectivity index (χ0) is 10.4. The zero-order valence-electron chi connectivity index (χ0n) is 9.08. The maximum Gasteiger partial charge on any atom is 0.247 e. The van der Waals surface area contributed by atoms with Crippen molar-refractivity contribution in [1.29, 1.82) is 0 Å². The van der Waals surface area contributed by atoms with Crippen LogP contribution in [0.25, 0.3) is 0 Å². The lowest BCUT2D eigenvalue weighted by molar-refractivity contribution is -0.196. The van der Waals surface area contributed by atoms with Gasteiger partial charge in [0.15, 0.2) is 0 Å². The molecule has 0 bridgehead atoms. The van der Waals surface area contributed by atoms with Crippen LogP contribution in [0.2, 0.25) is 0 Å². The summed E-state index contributed by atoms with van der Waals surface area (Å²) in [7, 11) is 0. The third-order valence-electron chi connectivity index (χ3n) is 2.17. The smallest absolute Gasteiger partial charge is 0.247 e. The van der Waals surface area contributed by atoms with E-state index < -0.39 is 0 Å². The third-order valence-corrected chi connectivity index (χ3v) is 2.17. The van der Waals surface area contributed by atoms with E-state index in [1.807, 2.05) is 0 Å². The normalized spacial score (nSPS) is 17.5. The summed E-state index contributed by atoms with van der Waals surface area (Å²) in [5.41, 5.74) is 0. The topological polar surface area (TPSA) is 41.6 Å². The van der Waals surface area contributed by atoms with Crippen molar-refractivity contribution in [2.24, 2.45) is 0 Å². The van der Waals surface area contributed by atoms with Crippen LogP contribution in [-0.4, -0.2) is 36.7 Å². The van der Waals surface area contributed by atoms with Crippen LogP contribution in [0.1, 0.15) is 33.1 Å². The third kappa shape index (κ3) is 4.07. The lowest BCUT2D eigenvalue weighted by Crippen LogP contribution is -2.37. The minimum Gasteiger partial charge on any atom is -0.314 e. The summed E-state index contributed by atoms with van der Waals surface area (Å²) in [5.74, 6) is 0.0952. The average molecular weight is 200 g/mol. The summed E-state index contributed by atoms with van der Waals surface area (Å²) in [6.45, 7) is 6.31. The first kappa shape index (κ1) is 11.5. The molecule has 0 atom stereocenters. The van der Waals surface area contributed by atoms with Crippen LogP contribution in [0.3, 0.4) is 0 Å². The molecule has 1 aliphatic rings. The Hall–Kier alpha value is -0.610. The van der Waals surface area contributed by atoms with Gasteiger partial charge in [-0.3, -0.25) is 9.63 Å². The van der Waals surface area contributed by atoms with Crippen LogP contribution < -0.4 is 5.32 Å². The molecular weight excluding hydrogens is 180 g/mol. The SMILES string of the molecule is CC(C)NCCC(=O)N1CCCCO1. The quantitative estimate of drug-likeness (QED) is 0.734. The fourth-order valence-electron chi connectivity index (χ4n) is 1.39. The number of hydrogen-bond donors (Lipinski definition) is 1. The van der Waals surface area contributed by atoms with Gasteiger partial charge in [-0.1, -0.05) is 13.8 Å². The molecule has 14 heavy (non-hydrogen) atoms. The van der Waals surface area contributed by atoms with Crippen molar-refractivity contribution in [3.8, 4) is 0 Å². The van der Waals surface area contributed by atoms with Crippen molar-refractivity contribution in [3.05, 3.63) is 0 Å². The average Bonchev–Trinajstić information content (AvgIpc) is 2.18. The molecule has 1 amide bonds. The molecule has 0 aromatic rings. The summed E-state index contributed by atoms with van der Waals surface area (Å²) in [5, 5.41) is 4.72. The van der Waals surface area contributed by atoms with E-state index in [1.54, 1.807) is 0 Å². The fourth-order valence-corrected chi connectivity index (χ4v) is 1.39. The second-order valence-electron chi connectivity index (χ2n) is 3.90. The molecule has 4 nitrogen and oxygen atoms in total. The van der Waals surface area contributed by atoms with Gasteiger partial charge in [0.05, 0.1) is 6.61 Å². The lowest BCUT2D eigenvalue weighted by atomic mass is 10.3. The van der Waals surface area contributed by atoms with Gasteiger partial charge >= 0.3 is 0 Å². The van der Waals surface area contributed by atoms with Crippen molar-refractivity contribution < 1.29 is 9.63 Å². The second kappa shape index (κ2) is 5.98. The van der Waals surface area contributed by atoms with Gasteiger partial charge in [-0.15, -0.1) is 0 Å². The molecule has 0 radical (unpaired) electrons. The molecule has 0 spiro atoms. The molecule has 1 fully saturated rings. The first-order valence-electron chi connectivity index (χ1n) is 5.37. The van der Waals surface area contributed by atoms with Crippen molar-refractivity contribution in [2.75, 3.05) is 19.7 Å². The molecule has 0 unspecified atom stereocenters. The van der Waals surface area contributed by atoms with E-state index in [1.165, 1.54) is 5.06 Å². The number of hydroxylamine groups is 2. The number of amides is 1. The van der Waals surface area contributed by atoms with Crippen molar-refractivity contribution >= 4 is 5.91 Å². The molecular formula is C10H20N2O2. The Morgan fingerprint density at radius 1 is 1.50 bits per heavy atom. The van der Waals surface area contributed by atoms with Gasteiger partial charge in [0, 0.05) is 25.6 Å². The number of nitrogens with one attached hydrogen (secondary N) is 1. The molecule has 82 valence electrons. The van der Waals surface area contributed by atoms with Gasteiger partial charge in [-0.2, -0.15) is 0 Å². The minimum absolute atomic E-state index is 0.0952. The van der Waals surface area contributed by atoms with E-state index in [2.05, 4.69) is 19.2 Å². The summed E-state index contributed by atoms with van der Waals surface area (Å²) in [4.78, 5) is 16.8. The Morgan fingerprint density at radius 2 is 2.29 bits per heavy atom. The first-order chi connectivity index (χ1) is 6.70. The van der Waals surface area contributed by atoms with Gasteiger partial charge in [-0.25, -0.2) is 5.06 Å². The summed E-state index contributed by atoms with van der Waals surface area (Å²) >= 11 is 0. The second-order valence-corrected chi connectivity index (χ2v) is 3.90. The van der Waals surface area contributed by atoms with E-state index in [0.29, 0.717) is 19.1 Å². The summed E-state index contributed by atoms with van der Waals surface area (Å²) in [6, 6.07) is 0.435. The largest absolute Gasteiger partial charge is 0.314 e. The highest BCUT2D eigenvalue weighted by atomic mass is 16.7. The maximum atomic E-state index is 11.5. The van der Waals surface area contributed by atoms with E-state index >= 15 is 0 Å². The van der Waals surface area contributed by atoms with E-state index in [-0.39, 0.29) is 5.91 Å². The number of carbonyl (C=O) groups is 1. The molecule has 1 heterocycles. The van der Waals surface area contributed by atoms with Crippen LogP contribution in [0.15, 0.2) is 0 Å². The molecule has 0 aromatic heterocycles. The van der Waals surface area contributed by atoms with Crippen LogP contribution in [0, 0.1) is 0 Å². The van der Waals surface area contributed by atoms with Crippen molar-refractivity contribution in [3.63, 3.8) is 0 Å². The Labute approximate surface area is 85.6 Å². The van der Waals surface area contributed by atoms with Gasteiger partial charge < -0.3 is 5.32 Å². The van der Waals surface area contributed by atoms with E-state index in [0.717, 1.165) is 25.9 Å². The summed E-state index contributed by atoms with van der Waals surface area (Å²) < 4.78 is 0. The van der Waals surface area contributed by atoms with Gasteiger partial charge in [0.1, 0.15) is 0 Å². The number of hydrogen-bond acceptors (Lipinski definition) is 3. The molecule has 1 aliphatic heterocycles. The predicted molar refractivity (Wildman–Crippen MR) is 54.7 cm³/mol. The Balaban J connectivity index is 2.13. The Kier molecular flexibility index (Phi) is 4.90. The van der Waals surface area contributed by atoms with Gasteiger partial charge in [0.2, 0.25) is 5.91 Å². The molecule has 0 aliphatic carbocycles. The number of nitrogens with zero attached hydrogens (tertiary/aromatic N) is 1. The van der Waals surface area contributed by atoms with Crippen molar-refractivity contribution in [2.45, 2.75) is 39.2 Å². The van der Waals surface area contributed by atoms with Crippen LogP contribution in [0.5, 0.6) is 0 Å². The van der Waals surface area contributed by atoms with Crippen LogP contribution in [0.4, 0.5) is 0 Å². The molecule has 1 N–H and O–H groups in total. The van der Waals surface area contributed by atoms with Crippen LogP contribution >= 0.6 is 0 Å². The predicted octanol–water partition coefficient (Wildman–Crippen LogP) is 0.928. The highest BCUT2D eigenvalue weighted by Gasteiger charge is 2.16. The first-order valence-corrected chi connectivity index (χ1v) is 5.37. The Bertz CT molecular complexity index is 177. The molecule has 0 aromatic carbocycles. The van der Waals surface area contributed by atoms with Gasteiger partial charge in [-0.05, 0) is 12.8 Å². The highest BCUT2D eigenvalue weighted by molar-refractivity contribution is 5.75. The number of rotatable bonds is 4. The Morgan fingerprint density at radius 3 is 2.86 bits per heavy atom. The molecule has 1 rings (SSSR count). The van der Waals surface area contributed by atoms with E-state index in [9.17, 15) is 4.79 Å². The van der Waals surface area contributed by atoms with E-state index in [4.69, 9.17) is 4.84 Å². The van der Waals surface area contributed by atoms with Crippen LogP contribution in [-0.2, 0) is 9.63 Å². The van der Waals surface area contributed by atoms with Gasteiger partial charge in [0.25, 0.3) is 0 Å². The standard InChI is InChI=1S/C10H20N2O2/c1-9(2)11-6-5-10(13)12-7-3-4-8-14-12/h9,11H,3-8H2,1-2H3. The molecule has 1 saturated heterocycles. The number of carbonyl (C=O) groups excluding carboxylic acids is 1. The fraction of sp³-hybridized carbons (Fsp3) is 0.900. The minimum atomic E-state index is 0.0952. The summed E-state index contributed by atoms with van der Waals surface area (Å²) in [6.07, 6.45) is 2.65. The molecule has 4 heteroatoms.